The van der Waals surface area contributed by atoms with Gasteiger partial charge in [-0.3, -0.25) is 4.79 Å². The molecule has 1 saturated heterocycles. The minimum atomic E-state index is 0.0631. The van der Waals surface area contributed by atoms with E-state index in [4.69, 9.17) is 4.74 Å². The zero-order valence-electron chi connectivity index (χ0n) is 11.8. The minimum absolute atomic E-state index is 0.0631. The number of fused-ring (bicyclic) bond motifs is 3. The Kier molecular flexibility index (Phi) is 2.81. The first-order chi connectivity index (χ1) is 10.2. The SMILES string of the molecule is Cc1[nH]ccc1C(=O)N1CC[C@@H]2OCc3cnnn3[C@H]2C1. The van der Waals surface area contributed by atoms with E-state index in [2.05, 4.69) is 15.3 Å². The summed E-state index contributed by atoms with van der Waals surface area (Å²) in [7, 11) is 0. The zero-order valence-corrected chi connectivity index (χ0v) is 11.8. The van der Waals surface area contributed by atoms with E-state index in [9.17, 15) is 4.79 Å². The number of nitrogens with zero attached hydrogens (tertiary/aromatic N) is 4. The fraction of sp³-hybridized carbons (Fsp3) is 0.500. The molecule has 4 rings (SSSR count). The zero-order chi connectivity index (χ0) is 14.4. The van der Waals surface area contributed by atoms with Gasteiger partial charge < -0.3 is 14.6 Å². The molecule has 0 bridgehead atoms. The van der Waals surface area contributed by atoms with Crippen molar-refractivity contribution >= 4 is 5.91 Å². The van der Waals surface area contributed by atoms with E-state index >= 15 is 0 Å². The van der Waals surface area contributed by atoms with Crippen LogP contribution in [0.2, 0.25) is 0 Å². The number of rotatable bonds is 1. The summed E-state index contributed by atoms with van der Waals surface area (Å²) in [6.45, 7) is 3.80. The second-order valence-corrected chi connectivity index (χ2v) is 5.64. The largest absolute Gasteiger partial charge is 0.370 e. The summed E-state index contributed by atoms with van der Waals surface area (Å²) in [5, 5.41) is 8.11. The van der Waals surface area contributed by atoms with Gasteiger partial charge in [0.25, 0.3) is 5.91 Å². The lowest BCUT2D eigenvalue weighted by Gasteiger charge is -2.41. The molecule has 0 radical (unpaired) electrons. The molecule has 110 valence electrons. The number of aromatic amines is 1. The van der Waals surface area contributed by atoms with Crippen LogP contribution in [0.15, 0.2) is 18.5 Å². The summed E-state index contributed by atoms with van der Waals surface area (Å²) in [4.78, 5) is 17.6. The van der Waals surface area contributed by atoms with E-state index < -0.39 is 0 Å². The van der Waals surface area contributed by atoms with Gasteiger partial charge in [0.15, 0.2) is 0 Å². The number of H-pyrrole nitrogens is 1. The number of ether oxygens (including phenoxy) is 1. The molecule has 2 aliphatic rings. The minimum Gasteiger partial charge on any atom is -0.370 e. The third-order valence-corrected chi connectivity index (χ3v) is 4.40. The quantitative estimate of drug-likeness (QED) is 0.845. The average Bonchev–Trinajstić information content (AvgIpc) is 3.14. The fourth-order valence-electron chi connectivity index (χ4n) is 3.22. The molecule has 21 heavy (non-hydrogen) atoms. The Morgan fingerprint density at radius 3 is 3.24 bits per heavy atom. The highest BCUT2D eigenvalue weighted by Gasteiger charge is 2.38. The molecule has 2 aliphatic heterocycles. The first-order valence-corrected chi connectivity index (χ1v) is 7.18. The summed E-state index contributed by atoms with van der Waals surface area (Å²) in [6, 6.07) is 1.90. The number of hydrogen-bond acceptors (Lipinski definition) is 4. The predicted molar refractivity (Wildman–Crippen MR) is 73.7 cm³/mol. The van der Waals surface area contributed by atoms with Gasteiger partial charge in [-0.05, 0) is 19.4 Å². The van der Waals surface area contributed by atoms with Crippen LogP contribution in [0.5, 0.6) is 0 Å². The van der Waals surface area contributed by atoms with Crippen LogP contribution in [0.25, 0.3) is 0 Å². The van der Waals surface area contributed by atoms with Gasteiger partial charge in [0, 0.05) is 25.0 Å². The molecule has 0 spiro atoms. The summed E-state index contributed by atoms with van der Waals surface area (Å²) in [5.41, 5.74) is 2.62. The van der Waals surface area contributed by atoms with Crippen LogP contribution in [0.4, 0.5) is 0 Å². The van der Waals surface area contributed by atoms with E-state index in [-0.39, 0.29) is 18.1 Å². The van der Waals surface area contributed by atoms with Crippen molar-refractivity contribution in [2.24, 2.45) is 0 Å². The van der Waals surface area contributed by atoms with Crippen molar-refractivity contribution in [3.63, 3.8) is 0 Å². The maximum absolute atomic E-state index is 12.6. The van der Waals surface area contributed by atoms with Crippen LogP contribution in [0.1, 0.15) is 34.2 Å². The van der Waals surface area contributed by atoms with Gasteiger partial charge in [-0.15, -0.1) is 5.10 Å². The molecule has 7 nitrogen and oxygen atoms in total. The van der Waals surface area contributed by atoms with Crippen molar-refractivity contribution < 1.29 is 9.53 Å². The standard InChI is InChI=1S/C14H17N5O2/c1-9-11(2-4-15-9)14(20)18-5-3-13-12(7-18)19-10(8-21-13)6-16-17-19/h2,4,6,12-13,15H,3,5,7-8H2,1H3/t12-,13-/m0/s1. The van der Waals surface area contributed by atoms with E-state index in [1.54, 1.807) is 12.4 Å². The molecule has 0 aliphatic carbocycles. The fourth-order valence-corrected chi connectivity index (χ4v) is 3.22. The monoisotopic (exact) mass is 287 g/mol. The first-order valence-electron chi connectivity index (χ1n) is 7.18. The van der Waals surface area contributed by atoms with Gasteiger partial charge in [-0.1, -0.05) is 5.21 Å². The van der Waals surface area contributed by atoms with Crippen molar-refractivity contribution in [2.75, 3.05) is 13.1 Å². The Hall–Kier alpha value is -2.15. The highest BCUT2D eigenvalue weighted by atomic mass is 16.5. The molecule has 4 heterocycles. The molecule has 7 heteroatoms. The van der Waals surface area contributed by atoms with E-state index in [1.165, 1.54) is 0 Å². The number of carbonyl (C=O) groups excluding carboxylic acids is 1. The van der Waals surface area contributed by atoms with Gasteiger partial charge >= 0.3 is 0 Å². The van der Waals surface area contributed by atoms with Crippen LogP contribution in [0, 0.1) is 6.92 Å². The van der Waals surface area contributed by atoms with Crippen molar-refractivity contribution in [2.45, 2.75) is 32.1 Å². The third kappa shape index (κ3) is 1.96. The van der Waals surface area contributed by atoms with Gasteiger partial charge in [0.05, 0.1) is 36.2 Å². The van der Waals surface area contributed by atoms with Crippen LogP contribution in [-0.4, -0.2) is 50.0 Å². The Morgan fingerprint density at radius 1 is 1.52 bits per heavy atom. The van der Waals surface area contributed by atoms with Crippen molar-refractivity contribution in [1.29, 1.82) is 0 Å². The normalized spacial score (nSPS) is 24.5. The maximum atomic E-state index is 12.6. The Labute approximate surface area is 121 Å². The molecule has 0 aromatic carbocycles. The summed E-state index contributed by atoms with van der Waals surface area (Å²) in [6.07, 6.45) is 4.48. The lowest BCUT2D eigenvalue weighted by atomic mass is 9.99. The smallest absolute Gasteiger partial charge is 0.255 e. The summed E-state index contributed by atoms with van der Waals surface area (Å²) in [5.74, 6) is 0.0689. The lowest BCUT2D eigenvalue weighted by Crippen LogP contribution is -2.49. The predicted octanol–water partition coefficient (Wildman–Crippen LogP) is 0.901. The molecule has 2 aromatic rings. The van der Waals surface area contributed by atoms with Gasteiger partial charge in [-0.25, -0.2) is 4.68 Å². The summed E-state index contributed by atoms with van der Waals surface area (Å²) < 4.78 is 7.78. The molecule has 0 saturated carbocycles. The van der Waals surface area contributed by atoms with Crippen LogP contribution >= 0.6 is 0 Å². The van der Waals surface area contributed by atoms with E-state index in [1.807, 2.05) is 22.6 Å². The van der Waals surface area contributed by atoms with Crippen molar-refractivity contribution in [1.82, 2.24) is 24.9 Å². The second-order valence-electron chi connectivity index (χ2n) is 5.64. The first kappa shape index (κ1) is 12.6. The molecule has 2 aromatic heterocycles. The summed E-state index contributed by atoms with van der Waals surface area (Å²) >= 11 is 0. The molecule has 1 N–H and O–H groups in total. The Bertz CT molecular complexity index is 676. The van der Waals surface area contributed by atoms with E-state index in [0.717, 1.165) is 23.4 Å². The lowest BCUT2D eigenvalue weighted by molar-refractivity contribution is -0.0605. The molecule has 2 atom stereocenters. The molecule has 1 fully saturated rings. The van der Waals surface area contributed by atoms with Gasteiger partial charge in [0.2, 0.25) is 0 Å². The van der Waals surface area contributed by atoms with E-state index in [0.29, 0.717) is 19.7 Å². The van der Waals surface area contributed by atoms with Crippen molar-refractivity contribution in [3.8, 4) is 0 Å². The maximum Gasteiger partial charge on any atom is 0.255 e. The van der Waals surface area contributed by atoms with Crippen LogP contribution in [0.3, 0.4) is 0 Å². The molecular weight excluding hydrogens is 270 g/mol. The highest BCUT2D eigenvalue weighted by molar-refractivity contribution is 5.95. The van der Waals surface area contributed by atoms with Crippen molar-refractivity contribution in [3.05, 3.63) is 35.4 Å². The number of piperidine rings is 1. The second kappa shape index (κ2) is 4.70. The Balaban J connectivity index is 1.59. The average molecular weight is 287 g/mol. The topological polar surface area (TPSA) is 76.0 Å². The number of nitrogens with one attached hydrogen (secondary N) is 1. The molecule has 0 unspecified atom stereocenters. The number of carbonyl (C=O) groups is 1. The number of amides is 1. The van der Waals surface area contributed by atoms with Gasteiger partial charge in [-0.2, -0.15) is 0 Å². The number of aromatic nitrogens is 4. The molecule has 1 amide bonds. The van der Waals surface area contributed by atoms with Crippen LogP contribution < -0.4 is 0 Å². The Morgan fingerprint density at radius 2 is 2.43 bits per heavy atom. The third-order valence-electron chi connectivity index (χ3n) is 4.40. The van der Waals surface area contributed by atoms with Crippen LogP contribution in [-0.2, 0) is 11.3 Å². The number of likely N-dealkylation sites (tertiary alicyclic amines) is 1. The molecular formula is C14H17N5O2. The number of aryl methyl sites for hydroxylation is 1. The highest BCUT2D eigenvalue weighted by Crippen LogP contribution is 2.30. The number of hydrogen-bond donors (Lipinski definition) is 1. The van der Waals surface area contributed by atoms with Gasteiger partial charge in [0.1, 0.15) is 0 Å².